The largest absolute Gasteiger partial charge is 0.156 e. The van der Waals surface area contributed by atoms with Crippen molar-refractivity contribution in [2.45, 2.75) is 22.0 Å². The quantitative estimate of drug-likeness (QED) is 0.653. The van der Waals surface area contributed by atoms with Crippen molar-refractivity contribution < 1.29 is 0 Å². The minimum Gasteiger partial charge on any atom is -0.156 e. The molecule has 0 saturated carbocycles. The van der Waals surface area contributed by atoms with E-state index in [4.69, 9.17) is 0 Å². The Hall–Kier alpha value is 0.620. The summed E-state index contributed by atoms with van der Waals surface area (Å²) < 4.78 is 0. The number of rotatable bonds is 8. The number of hydrogen-bond acceptors (Lipinski definition) is 4. The van der Waals surface area contributed by atoms with Gasteiger partial charge in [-0.15, -0.1) is 0 Å². The molecular formula is C14H18S4. The lowest BCUT2D eigenvalue weighted by Crippen LogP contribution is -1.91. The van der Waals surface area contributed by atoms with Crippen molar-refractivity contribution in [2.24, 2.45) is 0 Å². The molecule has 1 aromatic carbocycles. The highest BCUT2D eigenvalue weighted by Crippen LogP contribution is 2.34. The third-order valence-electron chi connectivity index (χ3n) is 2.97. The molecule has 18 heavy (non-hydrogen) atoms. The van der Waals surface area contributed by atoms with E-state index in [-0.39, 0.29) is 0 Å². The van der Waals surface area contributed by atoms with Crippen LogP contribution in [0.15, 0.2) is 24.3 Å². The van der Waals surface area contributed by atoms with Crippen LogP contribution in [-0.4, -0.2) is 33.5 Å². The molecule has 2 heterocycles. The molecular weight excluding hydrogens is 296 g/mol. The number of thioether (sulfide) groups is 4. The topological polar surface area (TPSA) is 0 Å². The van der Waals surface area contributed by atoms with Crippen molar-refractivity contribution in [3.8, 4) is 0 Å². The van der Waals surface area contributed by atoms with Gasteiger partial charge in [0.2, 0.25) is 0 Å². The van der Waals surface area contributed by atoms with Gasteiger partial charge in [0.25, 0.3) is 0 Å². The number of hydrogen-bond donors (Lipinski definition) is 0. The van der Waals surface area contributed by atoms with E-state index >= 15 is 0 Å². The average Bonchev–Trinajstić information content (AvgIpc) is 3.25. The van der Waals surface area contributed by atoms with Crippen molar-refractivity contribution in [1.82, 2.24) is 0 Å². The first-order valence-electron chi connectivity index (χ1n) is 6.36. The maximum absolute atomic E-state index is 2.31. The van der Waals surface area contributed by atoms with Gasteiger partial charge in [-0.25, -0.2) is 0 Å². The van der Waals surface area contributed by atoms with Crippen LogP contribution in [0, 0.1) is 0 Å². The Morgan fingerprint density at radius 2 is 1.22 bits per heavy atom. The summed E-state index contributed by atoms with van der Waals surface area (Å²) in [6.07, 6.45) is 0. The van der Waals surface area contributed by atoms with E-state index in [1.165, 1.54) is 45.6 Å². The lowest BCUT2D eigenvalue weighted by molar-refractivity contribution is 1.25. The van der Waals surface area contributed by atoms with Gasteiger partial charge in [-0.3, -0.25) is 0 Å². The van der Waals surface area contributed by atoms with Gasteiger partial charge in [-0.05, 0) is 11.1 Å². The second-order valence-corrected chi connectivity index (χ2v) is 9.48. The zero-order valence-corrected chi connectivity index (χ0v) is 13.6. The predicted octanol–water partition coefficient (Wildman–Crippen LogP) is 4.38. The van der Waals surface area contributed by atoms with Crippen LogP contribution >= 0.6 is 47.0 Å². The lowest BCUT2D eigenvalue weighted by Gasteiger charge is -2.04. The second-order valence-electron chi connectivity index (χ2n) is 4.76. The maximum Gasteiger partial charge on any atom is 0.0229 e. The van der Waals surface area contributed by atoms with Gasteiger partial charge in [-0.2, -0.15) is 47.0 Å². The lowest BCUT2D eigenvalue weighted by atomic mass is 10.2. The standard InChI is InChI=1S/C14H18S4/c1-2-12(6-16-8-14-10-18-14)4-3-11(1)5-15-7-13-9-17-13/h1-4,13-14H,5-10H2. The summed E-state index contributed by atoms with van der Waals surface area (Å²) in [4.78, 5) is 0. The first kappa shape index (κ1) is 13.6. The molecule has 3 rings (SSSR count). The van der Waals surface area contributed by atoms with Gasteiger partial charge in [-0.1, -0.05) is 24.3 Å². The monoisotopic (exact) mass is 314 g/mol. The molecule has 2 atom stereocenters. The third kappa shape index (κ3) is 4.95. The normalized spacial score (nSPS) is 25.1. The Balaban J connectivity index is 1.36. The molecule has 2 fully saturated rings. The predicted molar refractivity (Wildman–Crippen MR) is 91.3 cm³/mol. The van der Waals surface area contributed by atoms with E-state index in [9.17, 15) is 0 Å². The molecule has 4 heteroatoms. The molecule has 2 unspecified atom stereocenters. The van der Waals surface area contributed by atoms with Crippen LogP contribution in [0.5, 0.6) is 0 Å². The maximum atomic E-state index is 2.31. The van der Waals surface area contributed by atoms with Crippen LogP contribution in [0.4, 0.5) is 0 Å². The van der Waals surface area contributed by atoms with Crippen LogP contribution in [0.3, 0.4) is 0 Å². The summed E-state index contributed by atoms with van der Waals surface area (Å²) in [7, 11) is 0. The first-order valence-corrected chi connectivity index (χ1v) is 10.8. The molecule has 0 nitrogen and oxygen atoms in total. The van der Waals surface area contributed by atoms with Gasteiger partial charge in [0.15, 0.2) is 0 Å². The zero-order chi connectivity index (χ0) is 12.2. The molecule has 1 aromatic rings. The van der Waals surface area contributed by atoms with Crippen LogP contribution in [0.25, 0.3) is 0 Å². The van der Waals surface area contributed by atoms with E-state index in [2.05, 4.69) is 71.3 Å². The van der Waals surface area contributed by atoms with Crippen molar-refractivity contribution in [1.29, 1.82) is 0 Å². The molecule has 0 spiro atoms. The Bertz CT molecular complexity index is 331. The number of benzene rings is 1. The third-order valence-corrected chi connectivity index (χ3v) is 7.69. The minimum atomic E-state index is 0.964. The Labute approximate surface area is 127 Å². The molecule has 2 saturated heterocycles. The van der Waals surface area contributed by atoms with E-state index < -0.39 is 0 Å². The van der Waals surface area contributed by atoms with Crippen LogP contribution in [0.2, 0.25) is 0 Å². The van der Waals surface area contributed by atoms with Gasteiger partial charge >= 0.3 is 0 Å². The fourth-order valence-electron chi connectivity index (χ4n) is 1.68. The van der Waals surface area contributed by atoms with E-state index in [0.717, 1.165) is 10.5 Å². The SMILES string of the molecule is c1cc(CSCC2CS2)ccc1CSCC1CS1. The van der Waals surface area contributed by atoms with Crippen molar-refractivity contribution in [2.75, 3.05) is 23.0 Å². The molecule has 98 valence electrons. The molecule has 2 aliphatic heterocycles. The zero-order valence-electron chi connectivity index (χ0n) is 10.3. The fourth-order valence-corrected chi connectivity index (χ4v) is 5.68. The molecule has 0 bridgehead atoms. The van der Waals surface area contributed by atoms with Gasteiger partial charge < -0.3 is 0 Å². The average molecular weight is 315 g/mol. The fraction of sp³-hybridized carbons (Fsp3) is 0.571. The van der Waals surface area contributed by atoms with Crippen molar-refractivity contribution >= 4 is 47.0 Å². The molecule has 0 radical (unpaired) electrons. The highest BCUT2D eigenvalue weighted by molar-refractivity contribution is 8.09. The summed E-state index contributed by atoms with van der Waals surface area (Å²) in [5.74, 6) is 7.82. The van der Waals surface area contributed by atoms with Gasteiger partial charge in [0, 0.05) is 45.0 Å². The highest BCUT2D eigenvalue weighted by Gasteiger charge is 2.22. The van der Waals surface area contributed by atoms with Crippen LogP contribution in [-0.2, 0) is 11.5 Å². The van der Waals surface area contributed by atoms with Gasteiger partial charge in [0.1, 0.15) is 0 Å². The summed E-state index contributed by atoms with van der Waals surface area (Å²) in [5, 5.41) is 1.93. The van der Waals surface area contributed by atoms with E-state index in [0.29, 0.717) is 0 Å². The molecule has 0 aliphatic carbocycles. The summed E-state index contributed by atoms with van der Waals surface area (Å²) in [6, 6.07) is 9.26. The smallest absolute Gasteiger partial charge is 0.0229 e. The molecule has 0 N–H and O–H groups in total. The summed E-state index contributed by atoms with van der Waals surface area (Å²) in [5.41, 5.74) is 2.97. The first-order chi connectivity index (χ1) is 8.90. The molecule has 0 amide bonds. The van der Waals surface area contributed by atoms with Gasteiger partial charge in [0.05, 0.1) is 0 Å². The van der Waals surface area contributed by atoms with Crippen LogP contribution in [0.1, 0.15) is 11.1 Å². The highest BCUT2D eigenvalue weighted by atomic mass is 32.2. The molecule has 0 aromatic heterocycles. The summed E-state index contributed by atoms with van der Waals surface area (Å²) in [6.45, 7) is 0. The summed E-state index contributed by atoms with van der Waals surface area (Å²) >= 11 is 8.36. The minimum absolute atomic E-state index is 0.964. The van der Waals surface area contributed by atoms with Crippen molar-refractivity contribution in [3.63, 3.8) is 0 Å². The Morgan fingerprint density at radius 1 is 0.833 bits per heavy atom. The second kappa shape index (κ2) is 6.87. The Morgan fingerprint density at radius 3 is 1.56 bits per heavy atom. The van der Waals surface area contributed by atoms with E-state index in [1.807, 2.05) is 0 Å². The molecule has 2 aliphatic rings. The van der Waals surface area contributed by atoms with Crippen LogP contribution < -0.4 is 0 Å². The Kier molecular flexibility index (Phi) is 5.19. The van der Waals surface area contributed by atoms with E-state index in [1.54, 1.807) is 0 Å². The van der Waals surface area contributed by atoms with Crippen molar-refractivity contribution in [3.05, 3.63) is 35.4 Å².